The minimum atomic E-state index is -6.39. The first kappa shape index (κ1) is 36.1. The van der Waals surface area contributed by atoms with Gasteiger partial charge in [-0.3, -0.25) is 9.59 Å². The molecule has 0 radical (unpaired) electrons. The van der Waals surface area contributed by atoms with Gasteiger partial charge in [0.15, 0.2) is 11.6 Å². The number of nitrogens with two attached hydrogens (primary N) is 1. The van der Waals surface area contributed by atoms with E-state index in [0.29, 0.717) is 4.90 Å². The molecule has 0 bridgehead atoms. The predicted octanol–water partition coefficient (Wildman–Crippen LogP) is 6.87. The lowest BCUT2D eigenvalue weighted by Crippen LogP contribution is -2.50. The monoisotopic (exact) mass is 789 g/mol. The molecule has 18 heteroatoms. The van der Waals surface area contributed by atoms with E-state index in [4.69, 9.17) is 10.4 Å². The Balaban J connectivity index is 2.04. The number of anilines is 1. The van der Waals surface area contributed by atoms with E-state index < -0.39 is 90.0 Å². The van der Waals surface area contributed by atoms with Gasteiger partial charge in [0.1, 0.15) is 0 Å². The third-order valence-corrected chi connectivity index (χ3v) is 8.50. The van der Waals surface area contributed by atoms with Gasteiger partial charge in [0.05, 0.1) is 28.6 Å². The van der Waals surface area contributed by atoms with E-state index in [2.05, 4.69) is 31.9 Å². The molecular weight excluding hydrogens is 774 g/mol. The number of alkyl halides is 7. The maximum absolute atomic E-state index is 15.8. The van der Waals surface area contributed by atoms with Crippen molar-refractivity contribution in [3.8, 4) is 6.07 Å². The minimum absolute atomic E-state index is 0.0887. The summed E-state index contributed by atoms with van der Waals surface area (Å²) in [5.41, 5.74) is -9.01. The number of halogens is 10. The average Bonchev–Trinajstić information content (AvgIpc) is 2.93. The van der Waals surface area contributed by atoms with Crippen LogP contribution in [0.15, 0.2) is 63.5 Å². The number of rotatable bonds is 9. The van der Waals surface area contributed by atoms with Crippen LogP contribution >= 0.6 is 31.9 Å². The standard InChI is InChI=1S/C27H17Br2F8N3O4S/c28-19-10-16(25(31,26(32,33)34)27(35,36)37)11-20(29)18(19)12-22(41)17-2-1-3-21(23(17)30)40(8-9-45(39,43)44)24(42)15-6-4-14(13-38)5-7-15/h1-7,10-11H,8-9,12H2,(H2,39,43,44). The molecule has 0 heterocycles. The zero-order valence-corrected chi connectivity index (χ0v) is 26.1. The van der Waals surface area contributed by atoms with Gasteiger partial charge in [-0.2, -0.15) is 31.6 Å². The summed E-state index contributed by atoms with van der Waals surface area (Å²) in [4.78, 5) is 27.1. The van der Waals surface area contributed by atoms with Crippen LogP contribution in [0.2, 0.25) is 0 Å². The number of ketones is 1. The Labute approximate surface area is 266 Å². The third-order valence-electron chi connectivity index (χ3n) is 6.33. The highest BCUT2D eigenvalue weighted by atomic mass is 79.9. The average molecular weight is 791 g/mol. The van der Waals surface area contributed by atoms with Crippen LogP contribution in [0.5, 0.6) is 0 Å². The van der Waals surface area contributed by atoms with Crippen LogP contribution in [0.3, 0.4) is 0 Å². The van der Waals surface area contributed by atoms with E-state index in [1.807, 2.05) is 6.07 Å². The molecule has 45 heavy (non-hydrogen) atoms. The first-order chi connectivity index (χ1) is 20.6. The summed E-state index contributed by atoms with van der Waals surface area (Å²) in [6.07, 6.45) is -13.6. The highest BCUT2D eigenvalue weighted by Gasteiger charge is 2.73. The summed E-state index contributed by atoms with van der Waals surface area (Å²) < 4.78 is 132. The van der Waals surface area contributed by atoms with Crippen LogP contribution in [0.4, 0.5) is 40.8 Å². The number of Topliss-reactive ketones (excluding diaryl/α,β-unsaturated/α-hetero) is 1. The number of primary sulfonamides is 1. The molecule has 240 valence electrons. The molecular formula is C27H17Br2F8N3O4S. The van der Waals surface area contributed by atoms with Crippen LogP contribution in [0.25, 0.3) is 0 Å². The van der Waals surface area contributed by atoms with E-state index in [9.17, 15) is 48.7 Å². The van der Waals surface area contributed by atoms with Gasteiger partial charge < -0.3 is 4.90 Å². The van der Waals surface area contributed by atoms with Gasteiger partial charge >= 0.3 is 18.0 Å². The van der Waals surface area contributed by atoms with Crippen LogP contribution in [0, 0.1) is 17.1 Å². The zero-order chi connectivity index (χ0) is 34.1. The number of carbonyl (C=O) groups excluding carboxylic acids is 2. The molecule has 0 aliphatic carbocycles. The molecule has 0 aliphatic heterocycles. The van der Waals surface area contributed by atoms with E-state index in [1.54, 1.807) is 0 Å². The van der Waals surface area contributed by atoms with E-state index in [0.717, 1.165) is 18.2 Å². The fourth-order valence-electron chi connectivity index (χ4n) is 4.05. The lowest BCUT2D eigenvalue weighted by Gasteiger charge is -2.31. The molecule has 7 nitrogen and oxygen atoms in total. The van der Waals surface area contributed by atoms with Gasteiger partial charge in [-0.15, -0.1) is 0 Å². The van der Waals surface area contributed by atoms with Gasteiger partial charge in [-0.25, -0.2) is 22.3 Å². The van der Waals surface area contributed by atoms with Crippen molar-refractivity contribution >= 4 is 59.3 Å². The summed E-state index contributed by atoms with van der Waals surface area (Å²) in [6.45, 7) is -0.672. The Morgan fingerprint density at radius 1 is 0.911 bits per heavy atom. The second kappa shape index (κ2) is 13.1. The Hall–Kier alpha value is -3.40. The van der Waals surface area contributed by atoms with Crippen molar-refractivity contribution in [3.63, 3.8) is 0 Å². The first-order valence-electron chi connectivity index (χ1n) is 12.1. The van der Waals surface area contributed by atoms with Crippen LogP contribution in [-0.2, 0) is 22.1 Å². The molecule has 0 fully saturated rings. The van der Waals surface area contributed by atoms with Crippen molar-refractivity contribution in [2.24, 2.45) is 5.14 Å². The molecule has 3 rings (SSSR count). The van der Waals surface area contributed by atoms with E-state index >= 15 is 4.39 Å². The maximum atomic E-state index is 15.8. The number of hydrogen-bond donors (Lipinski definition) is 1. The number of amides is 1. The summed E-state index contributed by atoms with van der Waals surface area (Å²) in [5.74, 6) is -4.15. The summed E-state index contributed by atoms with van der Waals surface area (Å²) in [5, 5.41) is 14.0. The lowest BCUT2D eigenvalue weighted by molar-refractivity contribution is -0.348. The van der Waals surface area contributed by atoms with Gasteiger partial charge in [-0.1, -0.05) is 37.9 Å². The van der Waals surface area contributed by atoms with Crippen molar-refractivity contribution < 1.29 is 53.1 Å². The highest BCUT2D eigenvalue weighted by Crippen LogP contribution is 2.54. The second-order valence-electron chi connectivity index (χ2n) is 9.32. The fourth-order valence-corrected chi connectivity index (χ4v) is 5.96. The Kier molecular flexibility index (Phi) is 10.5. The first-order valence-corrected chi connectivity index (χ1v) is 15.4. The molecule has 3 aromatic carbocycles. The van der Waals surface area contributed by atoms with Crippen LogP contribution in [-0.4, -0.2) is 44.8 Å². The van der Waals surface area contributed by atoms with Crippen molar-refractivity contribution in [2.75, 3.05) is 17.2 Å². The highest BCUT2D eigenvalue weighted by molar-refractivity contribution is 9.11. The largest absolute Gasteiger partial charge is 0.435 e. The van der Waals surface area contributed by atoms with Gasteiger partial charge in [0, 0.05) is 33.0 Å². The van der Waals surface area contributed by atoms with E-state index in [-0.39, 0.29) is 28.8 Å². The molecule has 0 aliphatic rings. The number of sulfonamides is 1. The molecule has 0 aromatic heterocycles. The van der Waals surface area contributed by atoms with Crippen molar-refractivity contribution in [1.82, 2.24) is 0 Å². The molecule has 0 spiro atoms. The van der Waals surface area contributed by atoms with Crippen LogP contribution in [0.1, 0.15) is 37.4 Å². The van der Waals surface area contributed by atoms with Crippen molar-refractivity contribution in [2.45, 2.75) is 24.4 Å². The minimum Gasteiger partial charge on any atom is -0.304 e. The van der Waals surface area contributed by atoms with Gasteiger partial charge in [0.2, 0.25) is 10.0 Å². The second-order valence-corrected chi connectivity index (χ2v) is 12.8. The smallest absolute Gasteiger partial charge is 0.304 e. The predicted molar refractivity (Wildman–Crippen MR) is 152 cm³/mol. The topological polar surface area (TPSA) is 121 Å². The maximum Gasteiger partial charge on any atom is 0.435 e. The molecule has 0 saturated heterocycles. The number of nitrogens with zero attached hydrogens (tertiary/aromatic N) is 2. The normalized spacial score (nSPS) is 12.5. The Bertz CT molecular complexity index is 1750. The zero-order valence-electron chi connectivity index (χ0n) is 22.1. The number of benzene rings is 3. The van der Waals surface area contributed by atoms with Crippen molar-refractivity contribution in [1.29, 1.82) is 5.26 Å². The molecule has 0 saturated carbocycles. The summed E-state index contributed by atoms with van der Waals surface area (Å²) in [6, 6.07) is 10.4. The molecule has 0 atom stereocenters. The molecule has 0 unspecified atom stereocenters. The molecule has 1 amide bonds. The quantitative estimate of drug-likeness (QED) is 0.187. The van der Waals surface area contributed by atoms with Gasteiger partial charge in [0.25, 0.3) is 5.91 Å². The number of hydrogen-bond acceptors (Lipinski definition) is 5. The summed E-state index contributed by atoms with van der Waals surface area (Å²) >= 11 is 5.51. The third kappa shape index (κ3) is 7.71. The number of carbonyl (C=O) groups is 2. The van der Waals surface area contributed by atoms with Crippen LogP contribution < -0.4 is 10.0 Å². The lowest BCUT2D eigenvalue weighted by atomic mass is 9.92. The van der Waals surface area contributed by atoms with E-state index in [1.165, 1.54) is 24.3 Å². The number of nitriles is 1. The SMILES string of the molecule is N#Cc1ccc(C(=O)N(CCS(N)(=O)=O)c2cccc(C(=O)Cc3c(Br)cc(C(F)(C(F)(F)F)C(F)(F)F)cc3Br)c2F)cc1. The Morgan fingerprint density at radius 3 is 1.91 bits per heavy atom. The molecule has 2 N–H and O–H groups in total. The van der Waals surface area contributed by atoms with Crippen molar-refractivity contribution in [3.05, 3.63) is 97.2 Å². The summed E-state index contributed by atoms with van der Waals surface area (Å²) in [7, 11) is -4.18. The molecule has 3 aromatic rings. The fraction of sp³-hybridized carbons (Fsp3) is 0.222. The Morgan fingerprint density at radius 2 is 1.44 bits per heavy atom. The van der Waals surface area contributed by atoms with Gasteiger partial charge in [-0.05, 0) is 54.1 Å².